The molecule has 0 spiro atoms. The number of hydrogen-bond donors (Lipinski definition) is 2. The quantitative estimate of drug-likeness (QED) is 0.432. The molecule has 4 heteroatoms. The molecule has 0 saturated heterocycles. The minimum Gasteiger partial charge on any atom is -0.333 e. The third-order valence-electron chi connectivity index (χ3n) is 5.59. The number of nitrogens with one attached hydrogen (secondary N) is 2. The summed E-state index contributed by atoms with van der Waals surface area (Å²) in [5, 5.41) is 16.1. The molecule has 28 heavy (non-hydrogen) atoms. The Hall–Kier alpha value is -2.10. The lowest BCUT2D eigenvalue weighted by molar-refractivity contribution is 0.513. The van der Waals surface area contributed by atoms with E-state index in [-0.39, 0.29) is 0 Å². The summed E-state index contributed by atoms with van der Waals surface area (Å²) in [7, 11) is 0. The van der Waals surface area contributed by atoms with Gasteiger partial charge < -0.3 is 9.13 Å². The zero-order valence-electron chi connectivity index (χ0n) is 17.8. The summed E-state index contributed by atoms with van der Waals surface area (Å²) >= 11 is 0. The minimum atomic E-state index is 0.655. The topological polar surface area (TPSA) is 57.6 Å². The summed E-state index contributed by atoms with van der Waals surface area (Å²) in [4.78, 5) is 0. The van der Waals surface area contributed by atoms with Crippen LogP contribution in [0, 0.1) is 24.7 Å². The molecule has 0 radical (unpaired) electrons. The molecule has 0 unspecified atom stereocenters. The Morgan fingerprint density at radius 1 is 0.571 bits per heavy atom. The van der Waals surface area contributed by atoms with E-state index < -0.39 is 0 Å². The van der Waals surface area contributed by atoms with Crippen LogP contribution >= 0.6 is 0 Å². The molecular formula is C24H38N4. The Labute approximate surface area is 170 Å². The van der Waals surface area contributed by atoms with Crippen LogP contribution < -0.4 is 11.0 Å². The van der Waals surface area contributed by atoms with Crippen molar-refractivity contribution in [2.24, 2.45) is 0 Å². The van der Waals surface area contributed by atoms with Crippen LogP contribution in [0.15, 0.2) is 36.7 Å². The van der Waals surface area contributed by atoms with E-state index in [9.17, 15) is 0 Å². The van der Waals surface area contributed by atoms with Gasteiger partial charge in [-0.2, -0.15) is 0 Å². The molecule has 0 aliphatic heterocycles. The average Bonchev–Trinajstić information content (AvgIpc) is 2.69. The fourth-order valence-electron chi connectivity index (χ4n) is 3.69. The Balaban J connectivity index is 1.43. The van der Waals surface area contributed by atoms with E-state index >= 15 is 0 Å². The maximum Gasteiger partial charge on any atom is 0.127 e. The number of pyridine rings is 2. The van der Waals surface area contributed by atoms with E-state index in [4.69, 9.17) is 10.8 Å². The lowest BCUT2D eigenvalue weighted by Crippen LogP contribution is -2.21. The van der Waals surface area contributed by atoms with Gasteiger partial charge in [-0.3, -0.25) is 10.8 Å². The number of unbranched alkanes of at least 4 members (excludes halogenated alkanes) is 9. The van der Waals surface area contributed by atoms with Crippen LogP contribution in [0.3, 0.4) is 0 Å². The van der Waals surface area contributed by atoms with Crippen molar-refractivity contribution in [3.63, 3.8) is 0 Å². The fourth-order valence-corrected chi connectivity index (χ4v) is 3.69. The van der Waals surface area contributed by atoms with Gasteiger partial charge in [0.1, 0.15) is 11.0 Å². The lowest BCUT2D eigenvalue weighted by Gasteiger charge is -2.08. The second-order valence-corrected chi connectivity index (χ2v) is 8.00. The first-order chi connectivity index (χ1) is 13.6. The van der Waals surface area contributed by atoms with Crippen molar-refractivity contribution in [1.82, 2.24) is 9.13 Å². The summed E-state index contributed by atoms with van der Waals surface area (Å²) in [5.41, 5.74) is 3.42. The van der Waals surface area contributed by atoms with Crippen molar-refractivity contribution < 1.29 is 0 Å². The maximum atomic E-state index is 8.06. The van der Waals surface area contributed by atoms with E-state index in [0.29, 0.717) is 11.0 Å². The van der Waals surface area contributed by atoms with Crippen molar-refractivity contribution in [1.29, 1.82) is 10.8 Å². The normalized spacial score (nSPS) is 11.1. The molecule has 154 valence electrons. The van der Waals surface area contributed by atoms with Crippen LogP contribution in [0.2, 0.25) is 0 Å². The number of aryl methyl sites for hydroxylation is 4. The molecule has 2 N–H and O–H groups in total. The Morgan fingerprint density at radius 2 is 0.893 bits per heavy atom. The van der Waals surface area contributed by atoms with Gasteiger partial charge in [0.05, 0.1) is 0 Å². The standard InChI is InChI=1S/C24H38N4/c1-21-15-13-19-27(23(21)25)17-11-9-7-5-3-4-6-8-10-12-18-28-20-14-16-22(2)24(28)26/h13-16,19-20,25-26H,3-12,17-18H2,1-2H3. The highest BCUT2D eigenvalue weighted by Crippen LogP contribution is 2.11. The minimum absolute atomic E-state index is 0.655. The zero-order valence-corrected chi connectivity index (χ0v) is 17.8. The highest BCUT2D eigenvalue weighted by molar-refractivity contribution is 5.06. The number of hydrogen-bond acceptors (Lipinski definition) is 2. The Bertz CT molecular complexity index is 746. The molecular weight excluding hydrogens is 344 g/mol. The molecule has 2 aromatic heterocycles. The van der Waals surface area contributed by atoms with Crippen molar-refractivity contribution in [2.75, 3.05) is 0 Å². The predicted octanol–water partition coefficient (Wildman–Crippen LogP) is 5.47. The highest BCUT2D eigenvalue weighted by Gasteiger charge is 1.98. The molecule has 2 rings (SSSR count). The number of rotatable bonds is 13. The fraction of sp³-hybridized carbons (Fsp3) is 0.583. The Morgan fingerprint density at radius 3 is 1.25 bits per heavy atom. The van der Waals surface area contributed by atoms with Gasteiger partial charge in [0, 0.05) is 25.5 Å². The second-order valence-electron chi connectivity index (χ2n) is 8.00. The second kappa shape index (κ2) is 12.4. The van der Waals surface area contributed by atoms with E-state index in [1.54, 1.807) is 0 Å². The van der Waals surface area contributed by atoms with Gasteiger partial charge >= 0.3 is 0 Å². The van der Waals surface area contributed by atoms with Crippen LogP contribution in [0.4, 0.5) is 0 Å². The van der Waals surface area contributed by atoms with Crippen molar-refractivity contribution in [2.45, 2.75) is 91.1 Å². The SMILES string of the molecule is Cc1cccn(CCCCCCCCCCCCn2cccc(C)c2=N)c1=N. The first-order valence-electron chi connectivity index (χ1n) is 11.0. The number of nitrogens with zero attached hydrogens (tertiary/aromatic N) is 2. The van der Waals surface area contributed by atoms with E-state index in [1.165, 1.54) is 64.2 Å². The van der Waals surface area contributed by atoms with Crippen LogP contribution in [0.5, 0.6) is 0 Å². The van der Waals surface area contributed by atoms with Crippen LogP contribution in [0.1, 0.15) is 75.3 Å². The molecule has 0 bridgehead atoms. The summed E-state index contributed by atoms with van der Waals surface area (Å²) in [6.07, 6.45) is 17.0. The monoisotopic (exact) mass is 382 g/mol. The molecule has 2 aromatic rings. The van der Waals surface area contributed by atoms with Gasteiger partial charge in [0.2, 0.25) is 0 Å². The maximum absolute atomic E-state index is 8.06. The third-order valence-corrected chi connectivity index (χ3v) is 5.59. The van der Waals surface area contributed by atoms with E-state index in [1.807, 2.05) is 50.5 Å². The van der Waals surface area contributed by atoms with Gasteiger partial charge in [-0.25, -0.2) is 0 Å². The van der Waals surface area contributed by atoms with Gasteiger partial charge in [-0.15, -0.1) is 0 Å². The molecule has 0 aliphatic rings. The van der Waals surface area contributed by atoms with Crippen molar-refractivity contribution in [3.05, 3.63) is 58.8 Å². The Kier molecular flexibility index (Phi) is 9.81. The van der Waals surface area contributed by atoms with Crippen molar-refractivity contribution >= 4 is 0 Å². The zero-order chi connectivity index (χ0) is 20.2. The molecule has 0 fully saturated rings. The third kappa shape index (κ3) is 7.49. The molecule has 0 saturated carbocycles. The summed E-state index contributed by atoms with van der Waals surface area (Å²) < 4.78 is 4.13. The van der Waals surface area contributed by atoms with Crippen LogP contribution in [-0.2, 0) is 13.1 Å². The van der Waals surface area contributed by atoms with Gasteiger partial charge in [0.25, 0.3) is 0 Å². The van der Waals surface area contributed by atoms with Crippen LogP contribution in [0.25, 0.3) is 0 Å². The predicted molar refractivity (Wildman–Crippen MR) is 116 cm³/mol. The average molecular weight is 383 g/mol. The first-order valence-corrected chi connectivity index (χ1v) is 11.0. The van der Waals surface area contributed by atoms with E-state index in [0.717, 1.165) is 24.2 Å². The van der Waals surface area contributed by atoms with Gasteiger partial charge in [-0.1, -0.05) is 63.5 Å². The highest BCUT2D eigenvalue weighted by atomic mass is 15.0. The molecule has 0 aromatic carbocycles. The molecule has 0 amide bonds. The lowest BCUT2D eigenvalue weighted by atomic mass is 10.1. The first kappa shape index (κ1) is 22.2. The van der Waals surface area contributed by atoms with Gasteiger partial charge in [-0.05, 0) is 49.9 Å². The molecule has 0 aliphatic carbocycles. The largest absolute Gasteiger partial charge is 0.333 e. The number of aromatic nitrogens is 2. The van der Waals surface area contributed by atoms with Crippen LogP contribution in [-0.4, -0.2) is 9.13 Å². The molecule has 2 heterocycles. The summed E-state index contributed by atoms with van der Waals surface area (Å²) in [6.45, 7) is 5.96. The molecule has 4 nitrogen and oxygen atoms in total. The summed E-state index contributed by atoms with van der Waals surface area (Å²) in [5.74, 6) is 0. The summed E-state index contributed by atoms with van der Waals surface area (Å²) in [6, 6.07) is 8.09. The van der Waals surface area contributed by atoms with Gasteiger partial charge in [0.15, 0.2) is 0 Å². The smallest absolute Gasteiger partial charge is 0.127 e. The van der Waals surface area contributed by atoms with E-state index in [2.05, 4.69) is 9.13 Å². The molecule has 0 atom stereocenters. The van der Waals surface area contributed by atoms with Crippen molar-refractivity contribution in [3.8, 4) is 0 Å².